The second-order valence-electron chi connectivity index (χ2n) is 6.23. The van der Waals surface area contributed by atoms with Gasteiger partial charge < -0.3 is 14.6 Å². The Morgan fingerprint density at radius 1 is 1.28 bits per heavy atom. The Morgan fingerprint density at radius 3 is 2.72 bits per heavy atom. The van der Waals surface area contributed by atoms with Crippen LogP contribution in [0.3, 0.4) is 0 Å². The van der Waals surface area contributed by atoms with Crippen LogP contribution in [0.1, 0.15) is 23.0 Å². The molecule has 0 saturated heterocycles. The van der Waals surface area contributed by atoms with Crippen molar-refractivity contribution in [3.05, 3.63) is 68.3 Å². The number of esters is 1. The molecule has 1 aromatic carbocycles. The molecule has 150 valence electrons. The predicted molar refractivity (Wildman–Crippen MR) is 109 cm³/mol. The van der Waals surface area contributed by atoms with Crippen LogP contribution < -0.4 is 10.7 Å². The number of carbonyl (C=O) groups is 2. The van der Waals surface area contributed by atoms with Crippen LogP contribution in [0.2, 0.25) is 0 Å². The maximum absolute atomic E-state index is 13.8. The van der Waals surface area contributed by atoms with Crippen molar-refractivity contribution in [3.63, 3.8) is 0 Å². The lowest BCUT2D eigenvalue weighted by Gasteiger charge is -2.11. The minimum absolute atomic E-state index is 0.0465. The fraction of sp³-hybridized carbons (Fsp3) is 0.200. The third kappa shape index (κ3) is 4.51. The second-order valence-corrected chi connectivity index (χ2v) is 7.15. The highest BCUT2D eigenvalue weighted by molar-refractivity contribution is 9.10. The molecule has 2 heterocycles. The first-order valence-corrected chi connectivity index (χ1v) is 9.52. The molecule has 1 amide bonds. The van der Waals surface area contributed by atoms with Gasteiger partial charge in [0, 0.05) is 22.9 Å². The third-order valence-corrected chi connectivity index (χ3v) is 4.65. The van der Waals surface area contributed by atoms with Crippen LogP contribution in [0, 0.1) is 12.7 Å². The minimum atomic E-state index is -0.939. The Hall–Kier alpha value is -3.07. The highest BCUT2D eigenvalue weighted by Crippen LogP contribution is 2.19. The Labute approximate surface area is 173 Å². The van der Waals surface area contributed by atoms with Gasteiger partial charge in [0.15, 0.2) is 6.61 Å². The lowest BCUT2D eigenvalue weighted by Crippen LogP contribution is -2.25. The van der Waals surface area contributed by atoms with E-state index >= 15 is 0 Å². The van der Waals surface area contributed by atoms with Crippen molar-refractivity contribution in [2.45, 2.75) is 20.4 Å². The van der Waals surface area contributed by atoms with Gasteiger partial charge in [0.25, 0.3) is 5.91 Å². The zero-order valence-electron chi connectivity index (χ0n) is 15.7. The van der Waals surface area contributed by atoms with Gasteiger partial charge in [0.1, 0.15) is 17.0 Å². The van der Waals surface area contributed by atoms with E-state index in [1.807, 2.05) is 6.92 Å². The van der Waals surface area contributed by atoms with Gasteiger partial charge in [-0.25, -0.2) is 14.2 Å². The lowest BCUT2D eigenvalue weighted by molar-refractivity contribution is -0.119. The van der Waals surface area contributed by atoms with E-state index in [0.717, 1.165) is 5.69 Å². The van der Waals surface area contributed by atoms with Crippen molar-refractivity contribution < 1.29 is 18.7 Å². The van der Waals surface area contributed by atoms with Crippen LogP contribution in [-0.2, 0) is 16.1 Å². The first kappa shape index (κ1) is 20.7. The molecule has 1 N–H and O–H groups in total. The van der Waals surface area contributed by atoms with Crippen molar-refractivity contribution in [1.29, 1.82) is 0 Å². The molecule has 2 aromatic heterocycles. The number of rotatable bonds is 5. The van der Waals surface area contributed by atoms with E-state index in [0.29, 0.717) is 16.7 Å². The van der Waals surface area contributed by atoms with Crippen LogP contribution in [0.4, 0.5) is 10.1 Å². The molecule has 0 aliphatic rings. The fourth-order valence-corrected chi connectivity index (χ4v) is 3.07. The molecule has 0 bridgehead atoms. The summed E-state index contributed by atoms with van der Waals surface area (Å²) in [5.74, 6) is -2.30. The molecule has 9 heteroatoms. The van der Waals surface area contributed by atoms with Crippen molar-refractivity contribution >= 4 is 44.5 Å². The molecule has 0 radical (unpaired) electrons. The zero-order valence-corrected chi connectivity index (χ0v) is 17.2. The average molecular weight is 462 g/mol. The summed E-state index contributed by atoms with van der Waals surface area (Å²) in [5, 5.41) is 2.60. The highest BCUT2D eigenvalue weighted by atomic mass is 79.9. The number of nitrogens with zero attached hydrogens (tertiary/aromatic N) is 2. The molecule has 0 aliphatic carbocycles. The van der Waals surface area contributed by atoms with E-state index in [1.54, 1.807) is 29.7 Å². The number of fused-ring (bicyclic) bond motifs is 1. The van der Waals surface area contributed by atoms with Crippen LogP contribution in [-0.4, -0.2) is 28.0 Å². The summed E-state index contributed by atoms with van der Waals surface area (Å²) in [6.07, 6.45) is 1.37. The number of ether oxygens (including phenoxy) is 1. The number of carbonyl (C=O) groups excluding carboxylic acids is 2. The molecule has 0 spiro atoms. The molecule has 0 saturated carbocycles. The number of benzene rings is 1. The number of aromatic nitrogens is 2. The summed E-state index contributed by atoms with van der Waals surface area (Å²) >= 11 is 3.12. The number of hydrogen-bond donors (Lipinski definition) is 1. The van der Waals surface area contributed by atoms with Crippen LogP contribution >= 0.6 is 15.9 Å². The van der Waals surface area contributed by atoms with Crippen molar-refractivity contribution in [1.82, 2.24) is 9.55 Å². The van der Waals surface area contributed by atoms with Gasteiger partial charge >= 0.3 is 5.97 Å². The van der Waals surface area contributed by atoms with Crippen LogP contribution in [0.5, 0.6) is 0 Å². The summed E-state index contributed by atoms with van der Waals surface area (Å²) in [6.45, 7) is 3.48. The van der Waals surface area contributed by atoms with Gasteiger partial charge in [-0.2, -0.15) is 0 Å². The largest absolute Gasteiger partial charge is 0.452 e. The van der Waals surface area contributed by atoms with Crippen molar-refractivity contribution in [3.8, 4) is 0 Å². The lowest BCUT2D eigenvalue weighted by atomic mass is 10.2. The molecule has 3 rings (SSSR count). The van der Waals surface area contributed by atoms with Crippen LogP contribution in [0.15, 0.2) is 45.8 Å². The molecule has 0 aliphatic heterocycles. The normalized spacial score (nSPS) is 10.8. The summed E-state index contributed by atoms with van der Waals surface area (Å²) in [6, 6.07) is 7.41. The molecule has 29 heavy (non-hydrogen) atoms. The monoisotopic (exact) mass is 461 g/mol. The first-order valence-electron chi connectivity index (χ1n) is 8.73. The number of anilines is 1. The summed E-state index contributed by atoms with van der Waals surface area (Å²) in [7, 11) is 0. The maximum Gasteiger partial charge on any atom is 0.344 e. The Bertz CT molecular complexity index is 1180. The SMILES string of the molecule is CCn1cc(C(=O)OCC(=O)Nc2ccc(Br)cc2F)c(=O)c2ccc(C)nc21. The van der Waals surface area contributed by atoms with E-state index in [-0.39, 0.29) is 16.6 Å². The van der Waals surface area contributed by atoms with E-state index in [4.69, 9.17) is 4.74 Å². The third-order valence-electron chi connectivity index (χ3n) is 4.16. The fourth-order valence-electron chi connectivity index (χ4n) is 2.73. The smallest absolute Gasteiger partial charge is 0.344 e. The Morgan fingerprint density at radius 2 is 2.03 bits per heavy atom. The topological polar surface area (TPSA) is 90.3 Å². The highest BCUT2D eigenvalue weighted by Gasteiger charge is 2.19. The van der Waals surface area contributed by atoms with Gasteiger partial charge in [-0.15, -0.1) is 0 Å². The van der Waals surface area contributed by atoms with Gasteiger partial charge in [-0.1, -0.05) is 15.9 Å². The summed E-state index contributed by atoms with van der Waals surface area (Å²) in [4.78, 5) is 41.4. The molecule has 0 atom stereocenters. The van der Waals surface area contributed by atoms with E-state index < -0.39 is 29.7 Å². The van der Waals surface area contributed by atoms with Crippen LogP contribution in [0.25, 0.3) is 11.0 Å². The molecule has 0 unspecified atom stereocenters. The first-order chi connectivity index (χ1) is 13.8. The molecule has 0 fully saturated rings. The van der Waals surface area contributed by atoms with Gasteiger partial charge in [0.2, 0.25) is 5.43 Å². The standard InChI is InChI=1S/C20H17BrFN3O4/c1-3-25-9-14(18(27)13-6-4-11(2)23-19(13)25)20(28)29-10-17(26)24-16-7-5-12(21)8-15(16)22/h4-9H,3,10H2,1-2H3,(H,24,26). The van der Waals surface area contributed by atoms with E-state index in [1.165, 1.54) is 18.3 Å². The maximum atomic E-state index is 13.8. The second kappa shape index (κ2) is 8.52. The predicted octanol–water partition coefficient (Wildman–Crippen LogP) is 3.42. The van der Waals surface area contributed by atoms with E-state index in [9.17, 15) is 18.8 Å². The molecule has 3 aromatic rings. The van der Waals surface area contributed by atoms with Gasteiger partial charge in [-0.05, 0) is 44.2 Å². The quantitative estimate of drug-likeness (QED) is 0.587. The summed E-state index contributed by atoms with van der Waals surface area (Å²) < 4.78 is 20.9. The molecule has 7 nitrogen and oxygen atoms in total. The van der Waals surface area contributed by atoms with Crippen molar-refractivity contribution in [2.24, 2.45) is 0 Å². The average Bonchev–Trinajstić information content (AvgIpc) is 2.68. The Balaban J connectivity index is 1.77. The number of nitrogens with one attached hydrogen (secondary N) is 1. The zero-order chi connectivity index (χ0) is 21.1. The minimum Gasteiger partial charge on any atom is -0.452 e. The van der Waals surface area contributed by atoms with E-state index in [2.05, 4.69) is 26.2 Å². The number of halogens is 2. The number of aryl methyl sites for hydroxylation is 2. The number of hydrogen-bond acceptors (Lipinski definition) is 5. The van der Waals surface area contributed by atoms with Gasteiger partial charge in [-0.3, -0.25) is 9.59 Å². The summed E-state index contributed by atoms with van der Waals surface area (Å²) in [5.41, 5.74) is 0.438. The molecular weight excluding hydrogens is 445 g/mol. The number of amides is 1. The number of pyridine rings is 2. The van der Waals surface area contributed by atoms with Gasteiger partial charge in [0.05, 0.1) is 11.1 Å². The Kier molecular flexibility index (Phi) is 6.07. The van der Waals surface area contributed by atoms with Crippen molar-refractivity contribution in [2.75, 3.05) is 11.9 Å². The molecular formula is C20H17BrFN3O4.